The van der Waals surface area contributed by atoms with Crippen molar-refractivity contribution in [2.24, 2.45) is 10.7 Å². The van der Waals surface area contributed by atoms with Crippen LogP contribution in [-0.4, -0.2) is 35.2 Å². The molecule has 0 saturated heterocycles. The van der Waals surface area contributed by atoms with E-state index in [0.717, 1.165) is 16.5 Å². The summed E-state index contributed by atoms with van der Waals surface area (Å²) in [5, 5.41) is 6.71. The molecule has 0 radical (unpaired) electrons. The van der Waals surface area contributed by atoms with Crippen LogP contribution in [0.2, 0.25) is 0 Å². The van der Waals surface area contributed by atoms with Crippen LogP contribution in [0.3, 0.4) is 0 Å². The average Bonchev–Trinajstić information content (AvgIpc) is 2.84. The van der Waals surface area contributed by atoms with E-state index in [2.05, 4.69) is 20.6 Å². The lowest BCUT2D eigenvalue weighted by Crippen LogP contribution is -2.46. The number of carbonyl (C=O) groups excluding carboxylic acids is 2. The summed E-state index contributed by atoms with van der Waals surface area (Å²) in [5.41, 5.74) is 7.75. The Morgan fingerprint density at radius 2 is 1.78 bits per heavy atom. The summed E-state index contributed by atoms with van der Waals surface area (Å²) in [4.78, 5) is 34.4. The van der Waals surface area contributed by atoms with Gasteiger partial charge in [0.2, 0.25) is 5.91 Å². The van der Waals surface area contributed by atoms with Crippen LogP contribution in [0.4, 0.5) is 0 Å². The molecule has 0 bridgehead atoms. The summed E-state index contributed by atoms with van der Waals surface area (Å²) in [6.45, 7) is 2.84. The van der Waals surface area contributed by atoms with Crippen LogP contribution in [-0.2, 0) is 11.3 Å². The van der Waals surface area contributed by atoms with Gasteiger partial charge in [-0.2, -0.15) is 0 Å². The molecule has 0 unspecified atom stereocenters. The highest BCUT2D eigenvalue weighted by Crippen LogP contribution is 2.12. The van der Waals surface area contributed by atoms with Gasteiger partial charge in [-0.1, -0.05) is 61.5 Å². The van der Waals surface area contributed by atoms with Crippen LogP contribution < -0.4 is 16.4 Å². The van der Waals surface area contributed by atoms with E-state index in [1.54, 1.807) is 6.07 Å². The van der Waals surface area contributed by atoms with Crippen LogP contribution in [0.5, 0.6) is 0 Å². The maximum atomic E-state index is 12.9. The second-order valence-electron chi connectivity index (χ2n) is 7.49. The van der Waals surface area contributed by atoms with E-state index in [9.17, 15) is 9.59 Å². The highest BCUT2D eigenvalue weighted by atomic mass is 16.2. The van der Waals surface area contributed by atoms with E-state index in [1.807, 2.05) is 67.6 Å². The second kappa shape index (κ2) is 11.6. The quantitative estimate of drug-likeness (QED) is 0.260. The third-order valence-electron chi connectivity index (χ3n) is 5.09. The van der Waals surface area contributed by atoms with E-state index in [4.69, 9.17) is 5.73 Å². The lowest BCUT2D eigenvalue weighted by Gasteiger charge is -2.18. The fourth-order valence-electron chi connectivity index (χ4n) is 3.23. The van der Waals surface area contributed by atoms with E-state index in [0.29, 0.717) is 38.2 Å². The molecule has 7 heteroatoms. The molecule has 3 aromatic rings. The maximum absolute atomic E-state index is 12.9. The molecule has 3 rings (SSSR count). The second-order valence-corrected chi connectivity index (χ2v) is 7.49. The Hall–Kier alpha value is -3.74. The summed E-state index contributed by atoms with van der Waals surface area (Å²) < 4.78 is 0. The fraction of sp³-hybridized carbons (Fsp3) is 0.280. The van der Waals surface area contributed by atoms with Crippen molar-refractivity contribution < 1.29 is 9.59 Å². The van der Waals surface area contributed by atoms with Gasteiger partial charge >= 0.3 is 0 Å². The lowest BCUT2D eigenvalue weighted by molar-refractivity contribution is -0.123. The molecule has 0 saturated carbocycles. The van der Waals surface area contributed by atoms with Crippen molar-refractivity contribution in [1.29, 1.82) is 0 Å². The molecular weight excluding hydrogens is 402 g/mol. The number of carbonyl (C=O) groups is 2. The Morgan fingerprint density at radius 3 is 2.56 bits per heavy atom. The van der Waals surface area contributed by atoms with Crippen molar-refractivity contribution in [2.45, 2.75) is 38.8 Å². The molecule has 0 aliphatic rings. The molecule has 0 spiro atoms. The van der Waals surface area contributed by atoms with Gasteiger partial charge in [0.1, 0.15) is 11.7 Å². The third-order valence-corrected chi connectivity index (χ3v) is 5.09. The summed E-state index contributed by atoms with van der Waals surface area (Å²) in [5.74, 6) is -0.0397. The zero-order chi connectivity index (χ0) is 22.8. The fourth-order valence-corrected chi connectivity index (χ4v) is 3.23. The molecular formula is C25H29N5O2. The molecule has 4 N–H and O–H groups in total. The van der Waals surface area contributed by atoms with E-state index in [-0.39, 0.29) is 17.5 Å². The van der Waals surface area contributed by atoms with Crippen molar-refractivity contribution in [2.75, 3.05) is 6.54 Å². The first-order chi connectivity index (χ1) is 15.6. The van der Waals surface area contributed by atoms with E-state index >= 15 is 0 Å². The van der Waals surface area contributed by atoms with Crippen molar-refractivity contribution >= 4 is 28.6 Å². The Kier molecular flexibility index (Phi) is 8.31. The molecule has 0 fully saturated rings. The number of hydrogen-bond acceptors (Lipinski definition) is 4. The van der Waals surface area contributed by atoms with Gasteiger partial charge in [0.05, 0.1) is 11.4 Å². The first kappa shape index (κ1) is 22.9. The largest absolute Gasteiger partial charge is 0.387 e. The monoisotopic (exact) mass is 431 g/mol. The molecule has 1 heterocycles. The number of nitrogens with two attached hydrogens (primary N) is 1. The number of nitrogens with zero attached hydrogens (tertiary/aromatic N) is 2. The zero-order valence-electron chi connectivity index (χ0n) is 18.3. The van der Waals surface area contributed by atoms with Crippen molar-refractivity contribution in [3.05, 3.63) is 78.0 Å². The first-order valence-electron chi connectivity index (χ1n) is 10.8. The van der Waals surface area contributed by atoms with Crippen LogP contribution >= 0.6 is 0 Å². The van der Waals surface area contributed by atoms with Gasteiger partial charge < -0.3 is 16.4 Å². The SMILES string of the molecule is CCC(N)=NCCC[C@H](NC(=O)c1ccc2ccccc2n1)C(=O)NCc1ccccc1. The Labute approximate surface area is 188 Å². The van der Waals surface area contributed by atoms with Gasteiger partial charge in [0, 0.05) is 24.9 Å². The van der Waals surface area contributed by atoms with Gasteiger partial charge in [-0.25, -0.2) is 4.98 Å². The third kappa shape index (κ3) is 6.63. The number of fused-ring (bicyclic) bond motifs is 1. The minimum atomic E-state index is -0.697. The normalized spacial score (nSPS) is 12.3. The molecule has 1 aromatic heterocycles. The smallest absolute Gasteiger partial charge is 0.270 e. The van der Waals surface area contributed by atoms with Crippen molar-refractivity contribution in [3.8, 4) is 0 Å². The van der Waals surface area contributed by atoms with Gasteiger partial charge in [-0.05, 0) is 30.5 Å². The molecule has 1 atom stereocenters. The number of rotatable bonds is 10. The van der Waals surface area contributed by atoms with Gasteiger partial charge in [0.25, 0.3) is 5.91 Å². The maximum Gasteiger partial charge on any atom is 0.270 e. The summed E-state index contributed by atoms with van der Waals surface area (Å²) in [6.07, 6.45) is 1.75. The molecule has 0 aliphatic carbocycles. The molecule has 7 nitrogen and oxygen atoms in total. The summed E-state index contributed by atoms with van der Waals surface area (Å²) in [6, 6.07) is 20.1. The van der Waals surface area contributed by atoms with Gasteiger partial charge in [-0.15, -0.1) is 0 Å². The molecule has 2 aromatic carbocycles. The number of amidine groups is 1. The lowest BCUT2D eigenvalue weighted by atomic mass is 10.1. The average molecular weight is 432 g/mol. The number of pyridine rings is 1. The number of amides is 2. The Bertz CT molecular complexity index is 1080. The topological polar surface area (TPSA) is 109 Å². The molecule has 32 heavy (non-hydrogen) atoms. The van der Waals surface area contributed by atoms with Crippen LogP contribution in [0.1, 0.15) is 42.2 Å². The molecule has 166 valence electrons. The highest BCUT2D eigenvalue weighted by molar-refractivity contribution is 5.97. The standard InChI is InChI=1S/C25H29N5O2/c1-2-23(26)27-16-8-13-21(24(31)28-17-18-9-4-3-5-10-18)30-25(32)22-15-14-19-11-6-7-12-20(19)29-22/h3-7,9-12,14-15,21H,2,8,13,16-17H2,1H3,(H2,26,27)(H,28,31)(H,30,32)/t21-/m0/s1. The first-order valence-corrected chi connectivity index (χ1v) is 10.8. The molecule has 2 amide bonds. The van der Waals surface area contributed by atoms with Crippen molar-refractivity contribution in [3.63, 3.8) is 0 Å². The Morgan fingerprint density at radius 1 is 1.03 bits per heavy atom. The zero-order valence-corrected chi connectivity index (χ0v) is 18.3. The molecule has 0 aliphatic heterocycles. The number of benzene rings is 2. The number of hydrogen-bond donors (Lipinski definition) is 3. The van der Waals surface area contributed by atoms with Crippen molar-refractivity contribution in [1.82, 2.24) is 15.6 Å². The number of para-hydroxylation sites is 1. The van der Waals surface area contributed by atoms with E-state index < -0.39 is 6.04 Å². The van der Waals surface area contributed by atoms with Crippen LogP contribution in [0.25, 0.3) is 10.9 Å². The highest BCUT2D eigenvalue weighted by Gasteiger charge is 2.21. The summed E-state index contributed by atoms with van der Waals surface area (Å²) in [7, 11) is 0. The predicted octanol–water partition coefficient (Wildman–Crippen LogP) is 3.20. The minimum absolute atomic E-state index is 0.240. The Balaban J connectivity index is 1.67. The minimum Gasteiger partial charge on any atom is -0.387 e. The number of aliphatic imine (C=N–C) groups is 1. The van der Waals surface area contributed by atoms with E-state index in [1.165, 1.54) is 0 Å². The number of nitrogens with one attached hydrogen (secondary N) is 2. The van der Waals surface area contributed by atoms with Crippen LogP contribution in [0, 0.1) is 0 Å². The van der Waals surface area contributed by atoms with Gasteiger partial charge in [-0.3, -0.25) is 14.6 Å². The van der Waals surface area contributed by atoms with Crippen LogP contribution in [0.15, 0.2) is 71.7 Å². The van der Waals surface area contributed by atoms with Gasteiger partial charge in [0.15, 0.2) is 0 Å². The predicted molar refractivity (Wildman–Crippen MR) is 127 cm³/mol. The summed E-state index contributed by atoms with van der Waals surface area (Å²) >= 11 is 0. The number of aromatic nitrogens is 1.